The summed E-state index contributed by atoms with van der Waals surface area (Å²) >= 11 is 3.32. The van der Waals surface area contributed by atoms with Crippen LogP contribution in [0.4, 0.5) is 8.78 Å². The molecular weight excluding hydrogens is 302 g/mol. The van der Waals surface area contributed by atoms with Crippen LogP contribution in [0.5, 0.6) is 0 Å². The van der Waals surface area contributed by atoms with Gasteiger partial charge in [-0.1, -0.05) is 15.9 Å². The molecule has 0 saturated carbocycles. The van der Waals surface area contributed by atoms with E-state index in [4.69, 9.17) is 0 Å². The number of ketones is 1. The minimum Gasteiger partial charge on any atom is -0.288 e. The maximum absolute atomic E-state index is 13.5. The molecule has 0 aliphatic rings. The van der Waals surface area contributed by atoms with E-state index >= 15 is 0 Å². The Kier molecular flexibility index (Phi) is 3.57. The fourth-order valence-corrected chi connectivity index (χ4v) is 1.86. The second kappa shape index (κ2) is 4.98. The summed E-state index contributed by atoms with van der Waals surface area (Å²) < 4.78 is 27.4. The molecule has 0 unspecified atom stereocenters. The molecule has 18 heavy (non-hydrogen) atoms. The molecule has 0 amide bonds. The number of carbonyl (C=O) groups excluding carboxylic acids is 1. The van der Waals surface area contributed by atoms with Gasteiger partial charge in [-0.15, -0.1) is 0 Å². The van der Waals surface area contributed by atoms with Gasteiger partial charge in [-0.2, -0.15) is 0 Å². The summed E-state index contributed by atoms with van der Waals surface area (Å²) in [4.78, 5) is 12.1. The van der Waals surface area contributed by atoms with Crippen molar-refractivity contribution in [1.29, 1.82) is 0 Å². The van der Waals surface area contributed by atoms with Crippen molar-refractivity contribution in [3.8, 4) is 0 Å². The molecule has 0 heterocycles. The van der Waals surface area contributed by atoms with Gasteiger partial charge in [0.1, 0.15) is 11.6 Å². The summed E-state index contributed by atoms with van der Waals surface area (Å²) in [5.41, 5.74) is 0.939. The Hall–Kier alpha value is -1.55. The summed E-state index contributed by atoms with van der Waals surface area (Å²) in [5, 5.41) is 0. The lowest BCUT2D eigenvalue weighted by molar-refractivity contribution is 0.103. The average molecular weight is 311 g/mol. The van der Waals surface area contributed by atoms with E-state index in [-0.39, 0.29) is 5.56 Å². The van der Waals surface area contributed by atoms with E-state index in [1.807, 2.05) is 6.92 Å². The first-order valence-electron chi connectivity index (χ1n) is 5.25. The molecule has 0 saturated heterocycles. The quantitative estimate of drug-likeness (QED) is 0.757. The SMILES string of the molecule is Cc1cc(C(=O)c2cc(F)ccc2F)ccc1Br. The van der Waals surface area contributed by atoms with Crippen molar-refractivity contribution >= 4 is 21.7 Å². The Morgan fingerprint density at radius 1 is 1.11 bits per heavy atom. The predicted molar refractivity (Wildman–Crippen MR) is 68.7 cm³/mol. The number of aryl methyl sites for hydroxylation is 1. The summed E-state index contributed by atoms with van der Waals surface area (Å²) in [6.07, 6.45) is 0. The third kappa shape index (κ3) is 2.48. The average Bonchev–Trinajstić information content (AvgIpc) is 2.35. The second-order valence-electron chi connectivity index (χ2n) is 3.92. The Bertz CT molecular complexity index is 623. The molecule has 4 heteroatoms. The van der Waals surface area contributed by atoms with Crippen molar-refractivity contribution in [2.75, 3.05) is 0 Å². The molecule has 2 aromatic carbocycles. The van der Waals surface area contributed by atoms with Crippen molar-refractivity contribution in [1.82, 2.24) is 0 Å². The van der Waals surface area contributed by atoms with Gasteiger partial charge in [0.05, 0.1) is 5.56 Å². The van der Waals surface area contributed by atoms with Gasteiger partial charge >= 0.3 is 0 Å². The molecule has 0 fully saturated rings. The van der Waals surface area contributed by atoms with Crippen LogP contribution in [-0.4, -0.2) is 5.78 Å². The molecule has 0 atom stereocenters. The van der Waals surface area contributed by atoms with Gasteiger partial charge in [0, 0.05) is 10.0 Å². The van der Waals surface area contributed by atoms with Crippen LogP contribution in [-0.2, 0) is 0 Å². The Balaban J connectivity index is 2.47. The smallest absolute Gasteiger partial charge is 0.196 e. The molecule has 92 valence electrons. The van der Waals surface area contributed by atoms with Gasteiger partial charge in [-0.3, -0.25) is 4.79 Å². The number of rotatable bonds is 2. The van der Waals surface area contributed by atoms with Gasteiger partial charge in [0.2, 0.25) is 0 Å². The van der Waals surface area contributed by atoms with Crippen molar-refractivity contribution in [3.63, 3.8) is 0 Å². The van der Waals surface area contributed by atoms with Crippen LogP contribution >= 0.6 is 15.9 Å². The topological polar surface area (TPSA) is 17.1 Å². The minimum atomic E-state index is -0.720. The number of hydrogen-bond acceptors (Lipinski definition) is 1. The lowest BCUT2D eigenvalue weighted by Gasteiger charge is -2.05. The minimum absolute atomic E-state index is 0.253. The highest BCUT2D eigenvalue weighted by Crippen LogP contribution is 2.20. The third-order valence-corrected chi connectivity index (χ3v) is 3.48. The number of carbonyl (C=O) groups is 1. The first-order valence-corrected chi connectivity index (χ1v) is 6.04. The Labute approximate surface area is 112 Å². The molecule has 0 aliphatic carbocycles. The van der Waals surface area contributed by atoms with E-state index in [0.29, 0.717) is 5.56 Å². The van der Waals surface area contributed by atoms with Crippen LogP contribution in [0.15, 0.2) is 40.9 Å². The van der Waals surface area contributed by atoms with E-state index in [9.17, 15) is 13.6 Å². The van der Waals surface area contributed by atoms with Gasteiger partial charge in [0.25, 0.3) is 0 Å². The maximum Gasteiger partial charge on any atom is 0.196 e. The summed E-state index contributed by atoms with van der Waals surface area (Å²) in [6.45, 7) is 1.82. The maximum atomic E-state index is 13.5. The molecular formula is C14H9BrF2O. The zero-order valence-electron chi connectivity index (χ0n) is 9.51. The van der Waals surface area contributed by atoms with Crippen LogP contribution < -0.4 is 0 Å². The monoisotopic (exact) mass is 310 g/mol. The van der Waals surface area contributed by atoms with E-state index in [1.165, 1.54) is 0 Å². The van der Waals surface area contributed by atoms with Gasteiger partial charge in [-0.25, -0.2) is 8.78 Å². The van der Waals surface area contributed by atoms with Crippen molar-refractivity contribution in [2.45, 2.75) is 6.92 Å². The van der Waals surface area contributed by atoms with Crippen molar-refractivity contribution in [2.24, 2.45) is 0 Å². The molecule has 0 N–H and O–H groups in total. The van der Waals surface area contributed by atoms with Crippen LogP contribution in [0.3, 0.4) is 0 Å². The Morgan fingerprint density at radius 3 is 2.50 bits per heavy atom. The molecule has 0 spiro atoms. The summed E-state index contributed by atoms with van der Waals surface area (Å²) in [7, 11) is 0. The fourth-order valence-electron chi connectivity index (χ4n) is 1.61. The number of halogens is 3. The second-order valence-corrected chi connectivity index (χ2v) is 4.77. The molecule has 1 nitrogen and oxygen atoms in total. The Morgan fingerprint density at radius 2 is 1.83 bits per heavy atom. The normalized spacial score (nSPS) is 10.4. The fraction of sp³-hybridized carbons (Fsp3) is 0.0714. The van der Waals surface area contributed by atoms with Crippen molar-refractivity contribution in [3.05, 3.63) is 69.2 Å². The van der Waals surface area contributed by atoms with E-state index in [0.717, 1.165) is 28.2 Å². The zero-order chi connectivity index (χ0) is 13.3. The van der Waals surface area contributed by atoms with Crippen LogP contribution in [0.25, 0.3) is 0 Å². The summed E-state index contributed by atoms with van der Waals surface area (Å²) in [5.74, 6) is -1.88. The number of hydrogen-bond donors (Lipinski definition) is 0. The predicted octanol–water partition coefficient (Wildman–Crippen LogP) is 4.27. The summed E-state index contributed by atoms with van der Waals surface area (Å²) in [6, 6.07) is 7.77. The van der Waals surface area contributed by atoms with E-state index in [2.05, 4.69) is 15.9 Å². The third-order valence-electron chi connectivity index (χ3n) is 2.59. The lowest BCUT2D eigenvalue weighted by atomic mass is 10.0. The molecule has 0 aromatic heterocycles. The van der Waals surface area contributed by atoms with Crippen molar-refractivity contribution < 1.29 is 13.6 Å². The van der Waals surface area contributed by atoms with Crippen LogP contribution in [0.2, 0.25) is 0 Å². The molecule has 0 radical (unpaired) electrons. The lowest BCUT2D eigenvalue weighted by Crippen LogP contribution is -2.05. The standard InChI is InChI=1S/C14H9BrF2O/c1-8-6-9(2-4-12(8)15)14(18)11-7-10(16)3-5-13(11)17/h2-7H,1H3. The molecule has 0 bridgehead atoms. The molecule has 2 aromatic rings. The molecule has 0 aliphatic heterocycles. The first kappa shape index (κ1) is 12.9. The highest BCUT2D eigenvalue weighted by atomic mass is 79.9. The zero-order valence-corrected chi connectivity index (χ0v) is 11.1. The van der Waals surface area contributed by atoms with Crippen LogP contribution in [0.1, 0.15) is 21.5 Å². The highest BCUT2D eigenvalue weighted by Gasteiger charge is 2.15. The largest absolute Gasteiger partial charge is 0.288 e. The van der Waals surface area contributed by atoms with Gasteiger partial charge in [0.15, 0.2) is 5.78 Å². The first-order chi connectivity index (χ1) is 8.49. The highest BCUT2D eigenvalue weighted by molar-refractivity contribution is 9.10. The van der Waals surface area contributed by atoms with Crippen LogP contribution in [0, 0.1) is 18.6 Å². The van der Waals surface area contributed by atoms with E-state index < -0.39 is 17.4 Å². The van der Waals surface area contributed by atoms with Gasteiger partial charge < -0.3 is 0 Å². The van der Waals surface area contributed by atoms with Gasteiger partial charge in [-0.05, 0) is 48.9 Å². The van der Waals surface area contributed by atoms with E-state index in [1.54, 1.807) is 18.2 Å². The molecule has 2 rings (SSSR count). The number of benzene rings is 2.